The summed E-state index contributed by atoms with van der Waals surface area (Å²) in [5, 5.41) is 3.68. The zero-order valence-corrected chi connectivity index (χ0v) is 14.3. The third-order valence-electron chi connectivity index (χ3n) is 4.53. The van der Waals surface area contributed by atoms with Crippen LogP contribution in [0.3, 0.4) is 0 Å². The van der Waals surface area contributed by atoms with E-state index in [0.29, 0.717) is 12.0 Å². The van der Waals surface area contributed by atoms with Gasteiger partial charge in [-0.3, -0.25) is 0 Å². The second kappa shape index (κ2) is 6.93. The van der Waals surface area contributed by atoms with Crippen molar-refractivity contribution in [1.82, 2.24) is 5.32 Å². The van der Waals surface area contributed by atoms with E-state index in [1.54, 1.807) is 5.56 Å². The summed E-state index contributed by atoms with van der Waals surface area (Å²) in [6.45, 7) is 12.9. The zero-order chi connectivity index (χ0) is 15.5. The number of benzene rings is 1. The Morgan fingerprint density at radius 3 is 2.52 bits per heavy atom. The lowest BCUT2D eigenvalue weighted by molar-refractivity contribution is -0.0388. The SMILES string of the molecule is CCNC(CC1Cc2ccccc21)C(OCC)C(C)(C)C. The van der Waals surface area contributed by atoms with E-state index >= 15 is 0 Å². The molecule has 0 amide bonds. The van der Waals surface area contributed by atoms with Gasteiger partial charge in [0.25, 0.3) is 0 Å². The van der Waals surface area contributed by atoms with Gasteiger partial charge >= 0.3 is 0 Å². The van der Waals surface area contributed by atoms with Crippen LogP contribution in [0.5, 0.6) is 0 Å². The molecule has 118 valence electrons. The Hall–Kier alpha value is -0.860. The lowest BCUT2D eigenvalue weighted by Gasteiger charge is -2.41. The Morgan fingerprint density at radius 2 is 1.95 bits per heavy atom. The summed E-state index contributed by atoms with van der Waals surface area (Å²) in [5.41, 5.74) is 3.23. The summed E-state index contributed by atoms with van der Waals surface area (Å²) in [7, 11) is 0. The predicted octanol–water partition coefficient (Wildman–Crippen LogP) is 4.15. The van der Waals surface area contributed by atoms with Crippen LogP contribution in [-0.2, 0) is 11.2 Å². The normalized spacial score (nSPS) is 20.5. The Bertz CT molecular complexity index is 449. The molecule has 0 aliphatic heterocycles. The van der Waals surface area contributed by atoms with Crippen LogP contribution < -0.4 is 5.32 Å². The third kappa shape index (κ3) is 3.87. The molecule has 0 saturated carbocycles. The van der Waals surface area contributed by atoms with E-state index in [0.717, 1.165) is 13.2 Å². The molecule has 0 bridgehead atoms. The second-order valence-corrected chi connectivity index (χ2v) is 7.24. The third-order valence-corrected chi connectivity index (χ3v) is 4.53. The quantitative estimate of drug-likeness (QED) is 0.814. The Balaban J connectivity index is 2.09. The molecule has 2 rings (SSSR count). The van der Waals surface area contributed by atoms with Crippen LogP contribution in [-0.4, -0.2) is 25.3 Å². The first-order chi connectivity index (χ1) is 9.97. The molecule has 1 N–H and O–H groups in total. The molecular formula is C19H31NO. The first kappa shape index (κ1) is 16.5. The molecule has 1 aliphatic rings. The van der Waals surface area contributed by atoms with Crippen molar-refractivity contribution in [2.45, 2.75) is 65.5 Å². The summed E-state index contributed by atoms with van der Waals surface area (Å²) >= 11 is 0. The average Bonchev–Trinajstić information content (AvgIpc) is 2.40. The van der Waals surface area contributed by atoms with Gasteiger partial charge in [0, 0.05) is 12.6 Å². The zero-order valence-electron chi connectivity index (χ0n) is 14.3. The maximum absolute atomic E-state index is 6.12. The molecule has 0 aromatic heterocycles. The van der Waals surface area contributed by atoms with Crippen LogP contribution in [0.25, 0.3) is 0 Å². The monoisotopic (exact) mass is 289 g/mol. The minimum absolute atomic E-state index is 0.159. The van der Waals surface area contributed by atoms with Gasteiger partial charge in [0.15, 0.2) is 0 Å². The molecule has 2 heteroatoms. The number of likely N-dealkylation sites (N-methyl/N-ethyl adjacent to an activating group) is 1. The van der Waals surface area contributed by atoms with Crippen LogP contribution in [0.2, 0.25) is 0 Å². The largest absolute Gasteiger partial charge is 0.376 e. The van der Waals surface area contributed by atoms with E-state index in [-0.39, 0.29) is 11.5 Å². The van der Waals surface area contributed by atoms with E-state index in [2.05, 4.69) is 64.2 Å². The molecule has 0 radical (unpaired) electrons. The van der Waals surface area contributed by atoms with E-state index in [9.17, 15) is 0 Å². The summed E-state index contributed by atoms with van der Waals surface area (Å²) in [5.74, 6) is 0.690. The molecule has 21 heavy (non-hydrogen) atoms. The second-order valence-electron chi connectivity index (χ2n) is 7.24. The van der Waals surface area contributed by atoms with Gasteiger partial charge in [0.1, 0.15) is 0 Å². The lowest BCUT2D eigenvalue weighted by Crippen LogP contribution is -2.49. The van der Waals surface area contributed by atoms with Crippen molar-refractivity contribution in [2.75, 3.05) is 13.2 Å². The van der Waals surface area contributed by atoms with Gasteiger partial charge in [-0.2, -0.15) is 0 Å². The maximum atomic E-state index is 6.12. The lowest BCUT2D eigenvalue weighted by atomic mass is 9.72. The van der Waals surface area contributed by atoms with Crippen molar-refractivity contribution in [3.63, 3.8) is 0 Å². The number of hydrogen-bond acceptors (Lipinski definition) is 2. The highest BCUT2D eigenvalue weighted by Gasteiger charge is 2.36. The predicted molar refractivity (Wildman–Crippen MR) is 89.8 cm³/mol. The first-order valence-electron chi connectivity index (χ1n) is 8.40. The van der Waals surface area contributed by atoms with Crippen LogP contribution in [0, 0.1) is 5.41 Å². The minimum Gasteiger partial charge on any atom is -0.376 e. The van der Waals surface area contributed by atoms with E-state index < -0.39 is 0 Å². The molecule has 1 aliphatic carbocycles. The van der Waals surface area contributed by atoms with Gasteiger partial charge in [0.05, 0.1) is 6.10 Å². The van der Waals surface area contributed by atoms with Gasteiger partial charge in [-0.25, -0.2) is 0 Å². The Labute approximate surface area is 130 Å². The van der Waals surface area contributed by atoms with Crippen molar-refractivity contribution < 1.29 is 4.74 Å². The highest BCUT2D eigenvalue weighted by Crippen LogP contribution is 2.40. The van der Waals surface area contributed by atoms with Gasteiger partial charge in [-0.15, -0.1) is 0 Å². The van der Waals surface area contributed by atoms with Crippen molar-refractivity contribution in [1.29, 1.82) is 0 Å². The molecule has 0 fully saturated rings. The van der Waals surface area contributed by atoms with Gasteiger partial charge in [-0.05, 0) is 48.8 Å². The highest BCUT2D eigenvalue weighted by molar-refractivity contribution is 5.40. The fourth-order valence-electron chi connectivity index (χ4n) is 3.60. The average molecular weight is 289 g/mol. The summed E-state index contributed by atoms with van der Waals surface area (Å²) in [4.78, 5) is 0. The molecule has 2 nitrogen and oxygen atoms in total. The first-order valence-corrected chi connectivity index (χ1v) is 8.40. The number of fused-ring (bicyclic) bond motifs is 1. The van der Waals surface area contributed by atoms with Crippen molar-refractivity contribution >= 4 is 0 Å². The smallest absolute Gasteiger partial charge is 0.0776 e. The van der Waals surface area contributed by atoms with Gasteiger partial charge in [-0.1, -0.05) is 52.0 Å². The number of ether oxygens (including phenoxy) is 1. The number of rotatable bonds is 7. The van der Waals surface area contributed by atoms with Crippen molar-refractivity contribution in [3.05, 3.63) is 35.4 Å². The van der Waals surface area contributed by atoms with Gasteiger partial charge < -0.3 is 10.1 Å². The topological polar surface area (TPSA) is 21.3 Å². The molecule has 3 atom stereocenters. The fraction of sp³-hybridized carbons (Fsp3) is 0.684. The van der Waals surface area contributed by atoms with Crippen molar-refractivity contribution in [2.24, 2.45) is 5.41 Å². The van der Waals surface area contributed by atoms with Gasteiger partial charge in [0.2, 0.25) is 0 Å². The minimum atomic E-state index is 0.159. The molecule has 0 spiro atoms. The Kier molecular flexibility index (Phi) is 5.45. The summed E-state index contributed by atoms with van der Waals surface area (Å²) < 4.78 is 6.12. The molecule has 3 unspecified atom stereocenters. The fourth-order valence-corrected chi connectivity index (χ4v) is 3.60. The molecule has 1 aromatic carbocycles. The molecule has 0 heterocycles. The summed E-state index contributed by atoms with van der Waals surface area (Å²) in [6.07, 6.45) is 2.66. The standard InChI is InChI=1S/C19H31NO/c1-6-20-17(18(21-7-2)19(3,4)5)13-15-12-14-10-8-9-11-16(14)15/h8-11,15,17-18,20H,6-7,12-13H2,1-5H3. The highest BCUT2D eigenvalue weighted by atomic mass is 16.5. The van der Waals surface area contributed by atoms with E-state index in [1.165, 1.54) is 18.4 Å². The summed E-state index contributed by atoms with van der Waals surface area (Å²) in [6, 6.07) is 9.29. The van der Waals surface area contributed by atoms with E-state index in [1.807, 2.05) is 0 Å². The van der Waals surface area contributed by atoms with Crippen LogP contribution in [0.15, 0.2) is 24.3 Å². The van der Waals surface area contributed by atoms with Crippen LogP contribution >= 0.6 is 0 Å². The Morgan fingerprint density at radius 1 is 1.24 bits per heavy atom. The molecule has 0 saturated heterocycles. The maximum Gasteiger partial charge on any atom is 0.0776 e. The molecule has 1 aromatic rings. The number of nitrogens with one attached hydrogen (secondary N) is 1. The molecular weight excluding hydrogens is 258 g/mol. The van der Waals surface area contributed by atoms with E-state index in [4.69, 9.17) is 4.74 Å². The van der Waals surface area contributed by atoms with Crippen LogP contribution in [0.4, 0.5) is 0 Å². The number of hydrogen-bond donors (Lipinski definition) is 1. The van der Waals surface area contributed by atoms with Crippen LogP contribution in [0.1, 0.15) is 58.1 Å². The van der Waals surface area contributed by atoms with Crippen molar-refractivity contribution in [3.8, 4) is 0 Å².